The standard InChI is InChI=1S/C14H24O4/c15-3-4-16-5-6-17-7-8-18-11-14-10-12-1-2-13(14)9-12/h1-2,12-15H,3-11H2/t12-,13+,14+/m0/s1. The van der Waals surface area contributed by atoms with E-state index in [1.165, 1.54) is 12.8 Å². The van der Waals surface area contributed by atoms with Gasteiger partial charge in [0.2, 0.25) is 0 Å². The summed E-state index contributed by atoms with van der Waals surface area (Å²) in [6.45, 7) is 3.73. The molecule has 4 nitrogen and oxygen atoms in total. The number of aliphatic hydroxyl groups is 1. The van der Waals surface area contributed by atoms with Gasteiger partial charge in [0.25, 0.3) is 0 Å². The smallest absolute Gasteiger partial charge is 0.0701 e. The fourth-order valence-electron chi connectivity index (χ4n) is 2.83. The van der Waals surface area contributed by atoms with Gasteiger partial charge in [-0.2, -0.15) is 0 Å². The zero-order chi connectivity index (χ0) is 12.6. The van der Waals surface area contributed by atoms with Crippen molar-refractivity contribution < 1.29 is 19.3 Å². The van der Waals surface area contributed by atoms with Gasteiger partial charge in [0.05, 0.1) is 46.2 Å². The van der Waals surface area contributed by atoms with E-state index in [0.717, 1.165) is 24.4 Å². The lowest BCUT2D eigenvalue weighted by molar-refractivity contribution is 0.000270. The van der Waals surface area contributed by atoms with Crippen LogP contribution in [0.25, 0.3) is 0 Å². The monoisotopic (exact) mass is 256 g/mol. The Morgan fingerprint density at radius 2 is 1.61 bits per heavy atom. The number of ether oxygens (including phenoxy) is 3. The van der Waals surface area contributed by atoms with Gasteiger partial charge in [-0.05, 0) is 30.6 Å². The van der Waals surface area contributed by atoms with Crippen LogP contribution in [0.4, 0.5) is 0 Å². The summed E-state index contributed by atoms with van der Waals surface area (Å²) in [5, 5.41) is 8.50. The molecule has 0 saturated heterocycles. The van der Waals surface area contributed by atoms with E-state index >= 15 is 0 Å². The van der Waals surface area contributed by atoms with Crippen molar-refractivity contribution in [1.82, 2.24) is 0 Å². The fraction of sp³-hybridized carbons (Fsp3) is 0.857. The van der Waals surface area contributed by atoms with E-state index in [4.69, 9.17) is 19.3 Å². The molecule has 2 bridgehead atoms. The van der Waals surface area contributed by atoms with E-state index in [-0.39, 0.29) is 6.61 Å². The van der Waals surface area contributed by atoms with Gasteiger partial charge in [0.15, 0.2) is 0 Å². The molecule has 0 aromatic heterocycles. The van der Waals surface area contributed by atoms with E-state index in [0.29, 0.717) is 33.0 Å². The zero-order valence-electron chi connectivity index (χ0n) is 10.9. The number of allylic oxidation sites excluding steroid dienone is 2. The number of hydrogen-bond acceptors (Lipinski definition) is 4. The molecule has 2 aliphatic carbocycles. The molecule has 0 amide bonds. The summed E-state index contributed by atoms with van der Waals surface area (Å²) in [6, 6.07) is 0. The van der Waals surface area contributed by atoms with Gasteiger partial charge in [-0.25, -0.2) is 0 Å². The van der Waals surface area contributed by atoms with Crippen molar-refractivity contribution in [3.05, 3.63) is 12.2 Å². The van der Waals surface area contributed by atoms with Crippen molar-refractivity contribution in [1.29, 1.82) is 0 Å². The molecule has 3 atom stereocenters. The molecule has 0 unspecified atom stereocenters. The number of rotatable bonds is 10. The Bertz CT molecular complexity index is 254. The molecule has 0 aromatic rings. The lowest BCUT2D eigenvalue weighted by Crippen LogP contribution is -2.17. The zero-order valence-corrected chi connectivity index (χ0v) is 10.9. The molecule has 104 valence electrons. The van der Waals surface area contributed by atoms with Gasteiger partial charge in [-0.1, -0.05) is 12.2 Å². The molecular weight excluding hydrogens is 232 g/mol. The van der Waals surface area contributed by atoms with Gasteiger partial charge in [0, 0.05) is 0 Å². The summed E-state index contributed by atoms with van der Waals surface area (Å²) in [5.41, 5.74) is 0. The van der Waals surface area contributed by atoms with Gasteiger partial charge in [0.1, 0.15) is 0 Å². The predicted molar refractivity (Wildman–Crippen MR) is 68.4 cm³/mol. The maximum absolute atomic E-state index is 8.50. The summed E-state index contributed by atoms with van der Waals surface area (Å²) in [4.78, 5) is 0. The van der Waals surface area contributed by atoms with Crippen LogP contribution in [0.1, 0.15) is 12.8 Å². The second-order valence-corrected chi connectivity index (χ2v) is 5.06. The second kappa shape index (κ2) is 7.89. The lowest BCUT2D eigenvalue weighted by atomic mass is 9.95. The van der Waals surface area contributed by atoms with E-state index in [1.807, 2.05) is 0 Å². The van der Waals surface area contributed by atoms with Crippen LogP contribution >= 0.6 is 0 Å². The lowest BCUT2D eigenvalue weighted by Gasteiger charge is -2.17. The first-order valence-electron chi connectivity index (χ1n) is 6.92. The average molecular weight is 256 g/mol. The molecule has 1 fully saturated rings. The average Bonchev–Trinajstić information content (AvgIpc) is 2.99. The Hall–Kier alpha value is -0.420. The molecule has 18 heavy (non-hydrogen) atoms. The van der Waals surface area contributed by atoms with Crippen molar-refractivity contribution in [3.63, 3.8) is 0 Å². The van der Waals surface area contributed by atoms with Crippen molar-refractivity contribution in [3.8, 4) is 0 Å². The van der Waals surface area contributed by atoms with Crippen LogP contribution in [0.5, 0.6) is 0 Å². The Morgan fingerprint density at radius 1 is 0.889 bits per heavy atom. The highest BCUT2D eigenvalue weighted by Gasteiger charge is 2.35. The van der Waals surface area contributed by atoms with Gasteiger partial charge in [-0.3, -0.25) is 0 Å². The van der Waals surface area contributed by atoms with Gasteiger partial charge in [-0.15, -0.1) is 0 Å². The van der Waals surface area contributed by atoms with Crippen LogP contribution in [0.15, 0.2) is 12.2 Å². The Kier molecular flexibility index (Phi) is 6.14. The van der Waals surface area contributed by atoms with Crippen molar-refractivity contribution in [2.45, 2.75) is 12.8 Å². The first kappa shape index (κ1) is 14.0. The van der Waals surface area contributed by atoms with E-state index in [9.17, 15) is 0 Å². The fourth-order valence-corrected chi connectivity index (χ4v) is 2.83. The van der Waals surface area contributed by atoms with Crippen LogP contribution in [0, 0.1) is 17.8 Å². The molecule has 0 spiro atoms. The van der Waals surface area contributed by atoms with Gasteiger partial charge < -0.3 is 19.3 Å². The predicted octanol–water partition coefficient (Wildman–Crippen LogP) is 1.24. The summed E-state index contributed by atoms with van der Waals surface area (Å²) in [6.07, 6.45) is 7.36. The number of hydrogen-bond donors (Lipinski definition) is 1. The summed E-state index contributed by atoms with van der Waals surface area (Å²) < 4.78 is 16.1. The topological polar surface area (TPSA) is 47.9 Å². The van der Waals surface area contributed by atoms with Crippen LogP contribution in [-0.4, -0.2) is 51.4 Å². The van der Waals surface area contributed by atoms with Crippen LogP contribution in [-0.2, 0) is 14.2 Å². The maximum Gasteiger partial charge on any atom is 0.0701 e. The quantitative estimate of drug-likeness (QED) is 0.472. The molecular formula is C14H24O4. The minimum absolute atomic E-state index is 0.0705. The summed E-state index contributed by atoms with van der Waals surface area (Å²) in [7, 11) is 0. The SMILES string of the molecule is OCCOCCOCCOC[C@H]1C[C@H]2C=C[C@@H]1C2. The number of aliphatic hydroxyl groups excluding tert-OH is 1. The van der Waals surface area contributed by atoms with Crippen molar-refractivity contribution in [2.24, 2.45) is 17.8 Å². The van der Waals surface area contributed by atoms with E-state index < -0.39 is 0 Å². The number of fused-ring (bicyclic) bond motifs is 2. The molecule has 0 aromatic carbocycles. The molecule has 0 aliphatic heterocycles. The van der Waals surface area contributed by atoms with Gasteiger partial charge >= 0.3 is 0 Å². The Labute approximate surface area is 109 Å². The molecule has 2 aliphatic rings. The Balaban J connectivity index is 1.37. The van der Waals surface area contributed by atoms with Crippen LogP contribution < -0.4 is 0 Å². The largest absolute Gasteiger partial charge is 0.394 e. The van der Waals surface area contributed by atoms with Crippen LogP contribution in [0.3, 0.4) is 0 Å². The molecule has 0 radical (unpaired) electrons. The highest BCUT2D eigenvalue weighted by atomic mass is 16.5. The first-order valence-corrected chi connectivity index (χ1v) is 6.92. The third kappa shape index (κ3) is 4.35. The highest BCUT2D eigenvalue weighted by molar-refractivity contribution is 5.09. The highest BCUT2D eigenvalue weighted by Crippen LogP contribution is 2.43. The third-order valence-corrected chi connectivity index (χ3v) is 3.73. The summed E-state index contributed by atoms with van der Waals surface area (Å²) >= 11 is 0. The Morgan fingerprint density at radius 3 is 2.22 bits per heavy atom. The third-order valence-electron chi connectivity index (χ3n) is 3.73. The normalized spacial score (nSPS) is 29.3. The van der Waals surface area contributed by atoms with E-state index in [2.05, 4.69) is 12.2 Å². The molecule has 4 heteroatoms. The second-order valence-electron chi connectivity index (χ2n) is 5.06. The maximum atomic E-state index is 8.50. The molecule has 1 saturated carbocycles. The van der Waals surface area contributed by atoms with Crippen LogP contribution in [0.2, 0.25) is 0 Å². The molecule has 2 rings (SSSR count). The minimum Gasteiger partial charge on any atom is -0.394 e. The molecule has 1 N–H and O–H groups in total. The first-order chi connectivity index (χ1) is 8.90. The minimum atomic E-state index is 0.0705. The summed E-state index contributed by atoms with van der Waals surface area (Å²) in [5.74, 6) is 2.32. The van der Waals surface area contributed by atoms with Crippen molar-refractivity contribution in [2.75, 3.05) is 46.2 Å². The molecule has 0 heterocycles. The van der Waals surface area contributed by atoms with Crippen molar-refractivity contribution >= 4 is 0 Å². The van der Waals surface area contributed by atoms with E-state index in [1.54, 1.807) is 0 Å².